The molecule has 1 N–H and O–H groups in total. The quantitative estimate of drug-likeness (QED) is 0.224. The number of alkyl halides is 2. The molecule has 0 fully saturated rings. The maximum Gasteiger partial charge on any atom is 0.387 e. The number of aryl methyl sites for hydroxylation is 2. The molecule has 0 aliphatic heterocycles. The standard InChI is InChI=1S/C19H26F2N4OS.HI/c1-4-22-19(23-11-5-6-17-24-14(2)13-27-17)25(3)12-15-7-9-16(10-8-15)26-18(20)21;/h7-10,13,18H,4-6,11-12H2,1-3H3,(H,22,23);1H. The summed E-state index contributed by atoms with van der Waals surface area (Å²) in [6.45, 7) is 3.33. The van der Waals surface area contributed by atoms with Crippen molar-refractivity contribution in [2.24, 2.45) is 4.99 Å². The van der Waals surface area contributed by atoms with Gasteiger partial charge in [-0.2, -0.15) is 8.78 Å². The van der Waals surface area contributed by atoms with E-state index < -0.39 is 6.61 Å². The van der Waals surface area contributed by atoms with Gasteiger partial charge < -0.3 is 15.0 Å². The summed E-state index contributed by atoms with van der Waals surface area (Å²) in [5.74, 6) is 0.982. The molecule has 1 aromatic carbocycles. The minimum absolute atomic E-state index is 0. The lowest BCUT2D eigenvalue weighted by Gasteiger charge is -2.22. The molecular weight excluding hydrogens is 497 g/mol. The number of aliphatic imine (C=N–C) groups is 1. The summed E-state index contributed by atoms with van der Waals surface area (Å²) in [6.07, 6.45) is 1.87. The average molecular weight is 524 g/mol. The zero-order chi connectivity index (χ0) is 19.6. The average Bonchev–Trinajstić information content (AvgIpc) is 3.04. The van der Waals surface area contributed by atoms with E-state index in [2.05, 4.69) is 25.4 Å². The molecule has 9 heteroatoms. The van der Waals surface area contributed by atoms with Crippen LogP contribution in [0.2, 0.25) is 0 Å². The van der Waals surface area contributed by atoms with Crippen LogP contribution >= 0.6 is 35.3 Å². The number of aromatic nitrogens is 1. The van der Waals surface area contributed by atoms with Crippen LogP contribution in [0, 0.1) is 6.92 Å². The van der Waals surface area contributed by atoms with Crippen molar-refractivity contribution in [3.05, 3.63) is 45.9 Å². The minimum Gasteiger partial charge on any atom is -0.435 e. The molecule has 0 bridgehead atoms. The fourth-order valence-corrected chi connectivity index (χ4v) is 3.35. The highest BCUT2D eigenvalue weighted by Gasteiger charge is 2.08. The highest BCUT2D eigenvalue weighted by molar-refractivity contribution is 14.0. The van der Waals surface area contributed by atoms with Crippen LogP contribution in [0.3, 0.4) is 0 Å². The largest absolute Gasteiger partial charge is 0.435 e. The first-order chi connectivity index (χ1) is 13.0. The first-order valence-corrected chi connectivity index (χ1v) is 9.80. The van der Waals surface area contributed by atoms with Crippen molar-refractivity contribution in [1.29, 1.82) is 0 Å². The van der Waals surface area contributed by atoms with Gasteiger partial charge in [-0.3, -0.25) is 4.99 Å². The van der Waals surface area contributed by atoms with Gasteiger partial charge in [0.15, 0.2) is 5.96 Å². The molecule has 0 atom stereocenters. The number of thiazole rings is 1. The zero-order valence-corrected chi connectivity index (χ0v) is 19.5. The molecule has 0 unspecified atom stereocenters. The van der Waals surface area contributed by atoms with E-state index in [1.54, 1.807) is 35.6 Å². The fourth-order valence-electron chi connectivity index (χ4n) is 2.53. The zero-order valence-electron chi connectivity index (χ0n) is 16.3. The van der Waals surface area contributed by atoms with Crippen molar-refractivity contribution >= 4 is 41.3 Å². The summed E-state index contributed by atoms with van der Waals surface area (Å²) in [5.41, 5.74) is 2.06. The maximum atomic E-state index is 12.2. The topological polar surface area (TPSA) is 49.8 Å². The number of nitrogens with one attached hydrogen (secondary N) is 1. The van der Waals surface area contributed by atoms with Crippen molar-refractivity contribution in [2.45, 2.75) is 39.8 Å². The van der Waals surface area contributed by atoms with Gasteiger partial charge in [0.2, 0.25) is 0 Å². The first kappa shape index (κ1) is 24.5. The number of rotatable bonds is 9. The molecule has 0 saturated heterocycles. The maximum absolute atomic E-state index is 12.2. The van der Waals surface area contributed by atoms with Crippen LogP contribution in [-0.4, -0.2) is 42.6 Å². The van der Waals surface area contributed by atoms with Crippen molar-refractivity contribution < 1.29 is 13.5 Å². The Hall–Kier alpha value is -1.49. The first-order valence-electron chi connectivity index (χ1n) is 8.92. The van der Waals surface area contributed by atoms with Gasteiger partial charge in [0, 0.05) is 44.2 Å². The van der Waals surface area contributed by atoms with E-state index in [1.807, 2.05) is 25.8 Å². The Balaban J connectivity index is 0.00000392. The Morgan fingerprint density at radius 3 is 2.61 bits per heavy atom. The van der Waals surface area contributed by atoms with Crippen LogP contribution in [0.5, 0.6) is 5.75 Å². The Morgan fingerprint density at radius 1 is 1.32 bits per heavy atom. The number of halogens is 3. The second kappa shape index (κ2) is 12.9. The monoisotopic (exact) mass is 524 g/mol. The van der Waals surface area contributed by atoms with E-state index in [9.17, 15) is 8.78 Å². The summed E-state index contributed by atoms with van der Waals surface area (Å²) < 4.78 is 28.8. The molecule has 5 nitrogen and oxygen atoms in total. The minimum atomic E-state index is -2.81. The number of hydrogen-bond acceptors (Lipinski definition) is 4. The van der Waals surface area contributed by atoms with Crippen LogP contribution in [0.1, 0.15) is 29.6 Å². The smallest absolute Gasteiger partial charge is 0.387 e. The summed E-state index contributed by atoms with van der Waals surface area (Å²) in [7, 11) is 1.95. The molecule has 0 radical (unpaired) electrons. The van der Waals surface area contributed by atoms with E-state index in [-0.39, 0.29) is 29.7 Å². The number of nitrogens with zero attached hydrogens (tertiary/aromatic N) is 3. The Morgan fingerprint density at radius 2 is 2.04 bits per heavy atom. The Labute approximate surface area is 186 Å². The molecule has 2 rings (SSSR count). The summed E-state index contributed by atoms with van der Waals surface area (Å²) >= 11 is 1.69. The van der Waals surface area contributed by atoms with E-state index >= 15 is 0 Å². The van der Waals surface area contributed by atoms with Crippen molar-refractivity contribution in [3.8, 4) is 5.75 Å². The predicted octanol–water partition coefficient (Wildman–Crippen LogP) is 4.70. The van der Waals surface area contributed by atoms with Crippen LogP contribution in [0.15, 0.2) is 34.6 Å². The third-order valence-electron chi connectivity index (χ3n) is 3.74. The highest BCUT2D eigenvalue weighted by atomic mass is 127. The van der Waals surface area contributed by atoms with E-state index in [0.717, 1.165) is 41.6 Å². The van der Waals surface area contributed by atoms with Crippen LogP contribution < -0.4 is 10.1 Å². The van der Waals surface area contributed by atoms with Gasteiger partial charge in [-0.05, 0) is 38.0 Å². The molecule has 1 aromatic heterocycles. The molecule has 2 aromatic rings. The second-order valence-electron chi connectivity index (χ2n) is 6.10. The lowest BCUT2D eigenvalue weighted by atomic mass is 10.2. The number of guanidine groups is 1. The lowest BCUT2D eigenvalue weighted by molar-refractivity contribution is -0.0498. The van der Waals surface area contributed by atoms with Gasteiger partial charge >= 0.3 is 6.61 Å². The van der Waals surface area contributed by atoms with Gasteiger partial charge in [0.25, 0.3) is 0 Å². The van der Waals surface area contributed by atoms with Gasteiger partial charge in [-0.15, -0.1) is 35.3 Å². The molecule has 0 amide bonds. The van der Waals surface area contributed by atoms with Crippen molar-refractivity contribution in [2.75, 3.05) is 20.1 Å². The Bertz CT molecular complexity index is 725. The number of hydrogen-bond donors (Lipinski definition) is 1. The van der Waals surface area contributed by atoms with Gasteiger partial charge in [-0.25, -0.2) is 4.98 Å². The van der Waals surface area contributed by atoms with Crippen LogP contribution in [0.4, 0.5) is 8.78 Å². The van der Waals surface area contributed by atoms with Crippen molar-refractivity contribution in [3.63, 3.8) is 0 Å². The molecule has 28 heavy (non-hydrogen) atoms. The van der Waals surface area contributed by atoms with Crippen molar-refractivity contribution in [1.82, 2.24) is 15.2 Å². The molecule has 1 heterocycles. The van der Waals surface area contributed by atoms with Crippen LogP contribution in [0.25, 0.3) is 0 Å². The predicted molar refractivity (Wildman–Crippen MR) is 121 cm³/mol. The summed E-state index contributed by atoms with van der Waals surface area (Å²) in [6, 6.07) is 6.66. The fraction of sp³-hybridized carbons (Fsp3) is 0.474. The Kier molecular flexibility index (Phi) is 11.3. The molecule has 0 aliphatic carbocycles. The second-order valence-corrected chi connectivity index (χ2v) is 7.04. The van der Waals surface area contributed by atoms with E-state index in [1.165, 1.54) is 0 Å². The lowest BCUT2D eigenvalue weighted by Crippen LogP contribution is -2.38. The highest BCUT2D eigenvalue weighted by Crippen LogP contribution is 2.16. The van der Waals surface area contributed by atoms with Gasteiger partial charge in [0.1, 0.15) is 5.75 Å². The number of ether oxygens (including phenoxy) is 1. The normalized spacial score (nSPS) is 11.3. The van der Waals surface area contributed by atoms with Crippen LogP contribution in [-0.2, 0) is 13.0 Å². The van der Waals surface area contributed by atoms with E-state index in [4.69, 9.17) is 0 Å². The third kappa shape index (κ3) is 8.68. The molecule has 0 spiro atoms. The summed E-state index contributed by atoms with van der Waals surface area (Å²) in [4.78, 5) is 11.2. The molecule has 0 aliphatic rings. The third-order valence-corrected chi connectivity index (χ3v) is 4.77. The summed E-state index contributed by atoms with van der Waals surface area (Å²) in [5, 5.41) is 6.49. The van der Waals surface area contributed by atoms with E-state index in [0.29, 0.717) is 13.1 Å². The SMILES string of the molecule is CCNC(=NCCCc1nc(C)cs1)N(C)Cc1ccc(OC(F)F)cc1.I. The molecule has 156 valence electrons. The van der Waals surface area contributed by atoms with Gasteiger partial charge in [-0.1, -0.05) is 12.1 Å². The molecular formula is C19H27F2IN4OS. The van der Waals surface area contributed by atoms with Gasteiger partial charge in [0.05, 0.1) is 5.01 Å². The molecule has 0 saturated carbocycles. The number of benzene rings is 1.